The molecule has 1 atom stereocenters. The van der Waals surface area contributed by atoms with Gasteiger partial charge in [-0.1, -0.05) is 0 Å². The Hall–Kier alpha value is -0.760. The molecule has 0 amide bonds. The maximum absolute atomic E-state index is 9.67. The minimum atomic E-state index is -3.67. The van der Waals surface area contributed by atoms with E-state index in [1.807, 2.05) is 7.05 Å². The summed E-state index contributed by atoms with van der Waals surface area (Å²) < 4.78 is 29.0. The lowest BCUT2D eigenvalue weighted by molar-refractivity contribution is 0.00819. The van der Waals surface area contributed by atoms with Crippen LogP contribution in [0.5, 0.6) is 0 Å². The number of nitriles is 1. The first-order chi connectivity index (χ1) is 5.57. The van der Waals surface area contributed by atoms with Crippen molar-refractivity contribution >= 4 is 0 Å². The van der Waals surface area contributed by atoms with Crippen LogP contribution >= 0.6 is 0 Å². The van der Waals surface area contributed by atoms with Crippen LogP contribution in [0.3, 0.4) is 0 Å². The molecule has 1 aliphatic rings. The maximum Gasteiger partial charge on any atom is 0.379 e. The van der Waals surface area contributed by atoms with Gasteiger partial charge in [-0.15, -0.1) is 0 Å². The van der Waals surface area contributed by atoms with E-state index in [0.717, 1.165) is 13.0 Å². The molecule has 1 unspecified atom stereocenters. The molecule has 5 heteroatoms. The Balaban J connectivity index is 0.000000261. The second-order valence-electron chi connectivity index (χ2n) is 2.52. The number of hydrogen-bond acceptors (Lipinski definition) is 2. The minimum absolute atomic E-state index is 0.204. The average Bonchev–Trinajstić information content (AvgIpc) is 2.33. The number of likely N-dealkylation sites (tertiary alicyclic amines) is 1. The van der Waals surface area contributed by atoms with Crippen molar-refractivity contribution in [2.75, 3.05) is 13.6 Å². The van der Waals surface area contributed by atoms with Gasteiger partial charge in [0.25, 0.3) is 0 Å². The van der Waals surface area contributed by atoms with E-state index < -0.39 is 6.68 Å². The van der Waals surface area contributed by atoms with Crippen LogP contribution in [-0.4, -0.2) is 31.2 Å². The second kappa shape index (κ2) is 5.84. The monoisotopic (exact) mass is 180 g/mol. The van der Waals surface area contributed by atoms with Crippen LogP contribution < -0.4 is 0 Å². The van der Waals surface area contributed by atoms with E-state index in [4.69, 9.17) is 5.26 Å². The van der Waals surface area contributed by atoms with Crippen LogP contribution in [0, 0.1) is 11.3 Å². The summed E-state index contributed by atoms with van der Waals surface area (Å²) in [7, 11) is 2.00. The predicted molar refractivity (Wildman–Crippen MR) is 38.4 cm³/mol. The SMILES string of the molecule is CN1CCCC1C#N.FC(F)F. The fourth-order valence-electron chi connectivity index (χ4n) is 1.07. The van der Waals surface area contributed by atoms with Crippen LogP contribution in [0.25, 0.3) is 0 Å². The highest BCUT2D eigenvalue weighted by atomic mass is 19.4. The second-order valence-corrected chi connectivity index (χ2v) is 2.52. The van der Waals surface area contributed by atoms with Gasteiger partial charge in [-0.3, -0.25) is 4.90 Å². The number of rotatable bonds is 0. The fourth-order valence-corrected chi connectivity index (χ4v) is 1.07. The molecule has 1 aliphatic heterocycles. The molecule has 0 aromatic carbocycles. The number of hydrogen-bond donors (Lipinski definition) is 0. The standard InChI is InChI=1S/C6H10N2.CHF3/c1-8-4-2-3-6(8)5-7;2-1(3)4/h6H,2-4H2,1H3;1H. The van der Waals surface area contributed by atoms with Crippen molar-refractivity contribution in [2.45, 2.75) is 25.6 Å². The highest BCUT2D eigenvalue weighted by Crippen LogP contribution is 2.12. The van der Waals surface area contributed by atoms with Crippen molar-refractivity contribution in [3.63, 3.8) is 0 Å². The molecule has 0 aromatic heterocycles. The van der Waals surface area contributed by atoms with E-state index in [9.17, 15) is 13.2 Å². The third-order valence-electron chi connectivity index (χ3n) is 1.67. The highest BCUT2D eigenvalue weighted by molar-refractivity contribution is 4.94. The summed E-state index contributed by atoms with van der Waals surface area (Å²) in [5.74, 6) is 0. The van der Waals surface area contributed by atoms with Gasteiger partial charge in [0, 0.05) is 0 Å². The summed E-state index contributed by atoms with van der Waals surface area (Å²) in [6.45, 7) is -2.57. The first-order valence-corrected chi connectivity index (χ1v) is 3.60. The molecule has 2 nitrogen and oxygen atoms in total. The first-order valence-electron chi connectivity index (χ1n) is 3.60. The van der Waals surface area contributed by atoms with Gasteiger partial charge in [-0.05, 0) is 26.4 Å². The van der Waals surface area contributed by atoms with Gasteiger partial charge in [0.15, 0.2) is 0 Å². The maximum atomic E-state index is 9.67. The Morgan fingerprint density at radius 2 is 2.00 bits per heavy atom. The first kappa shape index (κ1) is 11.2. The van der Waals surface area contributed by atoms with E-state index in [-0.39, 0.29) is 6.04 Å². The van der Waals surface area contributed by atoms with Gasteiger partial charge in [0.2, 0.25) is 0 Å². The largest absolute Gasteiger partial charge is 0.379 e. The van der Waals surface area contributed by atoms with Crippen molar-refractivity contribution in [3.8, 4) is 6.07 Å². The van der Waals surface area contributed by atoms with Crippen molar-refractivity contribution in [1.82, 2.24) is 4.90 Å². The van der Waals surface area contributed by atoms with Gasteiger partial charge in [-0.25, -0.2) is 0 Å². The highest BCUT2D eigenvalue weighted by Gasteiger charge is 2.18. The smallest absolute Gasteiger partial charge is 0.291 e. The molecule has 70 valence electrons. The average molecular weight is 180 g/mol. The summed E-state index contributed by atoms with van der Waals surface area (Å²) in [5, 5.41) is 8.44. The van der Waals surface area contributed by atoms with E-state index in [1.54, 1.807) is 0 Å². The zero-order valence-electron chi connectivity index (χ0n) is 6.80. The number of alkyl halides is 3. The van der Waals surface area contributed by atoms with Crippen LogP contribution in [-0.2, 0) is 0 Å². The molecule has 1 fully saturated rings. The molecule has 0 saturated carbocycles. The quantitative estimate of drug-likeness (QED) is 0.568. The summed E-state index contributed by atoms with van der Waals surface area (Å²) >= 11 is 0. The summed E-state index contributed by atoms with van der Waals surface area (Å²) in [4.78, 5) is 2.10. The minimum Gasteiger partial charge on any atom is -0.291 e. The zero-order valence-corrected chi connectivity index (χ0v) is 6.80. The normalized spacial score (nSPS) is 23.2. The summed E-state index contributed by atoms with van der Waals surface area (Å²) in [5.41, 5.74) is 0. The van der Waals surface area contributed by atoms with E-state index in [2.05, 4.69) is 11.0 Å². The lowest BCUT2D eigenvalue weighted by Gasteiger charge is -2.09. The molecule has 0 N–H and O–H groups in total. The molecule has 0 bridgehead atoms. The van der Waals surface area contributed by atoms with E-state index >= 15 is 0 Å². The predicted octanol–water partition coefficient (Wildman–Crippen LogP) is 1.78. The van der Waals surface area contributed by atoms with Gasteiger partial charge in [0.05, 0.1) is 12.1 Å². The molecule has 1 rings (SSSR count). The Morgan fingerprint density at radius 1 is 1.50 bits per heavy atom. The molecule has 1 heterocycles. The molecular formula is C7H11F3N2. The molecule has 1 saturated heterocycles. The lowest BCUT2D eigenvalue weighted by Crippen LogP contribution is -2.22. The van der Waals surface area contributed by atoms with E-state index in [0.29, 0.717) is 0 Å². The Bertz CT molecular complexity index is 152. The molecular weight excluding hydrogens is 169 g/mol. The topological polar surface area (TPSA) is 27.0 Å². The number of halogens is 3. The van der Waals surface area contributed by atoms with Crippen molar-refractivity contribution in [2.24, 2.45) is 0 Å². The molecule has 0 radical (unpaired) electrons. The van der Waals surface area contributed by atoms with Crippen LogP contribution in [0.1, 0.15) is 12.8 Å². The summed E-state index contributed by atoms with van der Waals surface area (Å²) in [6.07, 6.45) is 2.25. The molecule has 0 aliphatic carbocycles. The van der Waals surface area contributed by atoms with Crippen molar-refractivity contribution in [3.05, 3.63) is 0 Å². The van der Waals surface area contributed by atoms with Gasteiger partial charge in [0.1, 0.15) is 0 Å². The summed E-state index contributed by atoms with van der Waals surface area (Å²) in [6, 6.07) is 2.44. The Labute approximate surface area is 69.6 Å². The van der Waals surface area contributed by atoms with Crippen molar-refractivity contribution < 1.29 is 13.2 Å². The third-order valence-corrected chi connectivity index (χ3v) is 1.67. The van der Waals surface area contributed by atoms with Crippen LogP contribution in [0.2, 0.25) is 0 Å². The molecule has 12 heavy (non-hydrogen) atoms. The molecule has 0 aromatic rings. The van der Waals surface area contributed by atoms with Gasteiger partial charge < -0.3 is 0 Å². The number of nitrogens with zero attached hydrogens (tertiary/aromatic N) is 2. The van der Waals surface area contributed by atoms with Gasteiger partial charge >= 0.3 is 6.68 Å². The van der Waals surface area contributed by atoms with Crippen LogP contribution in [0.15, 0.2) is 0 Å². The van der Waals surface area contributed by atoms with E-state index in [1.165, 1.54) is 6.42 Å². The Morgan fingerprint density at radius 3 is 2.17 bits per heavy atom. The van der Waals surface area contributed by atoms with Crippen molar-refractivity contribution in [1.29, 1.82) is 5.26 Å². The third kappa shape index (κ3) is 4.97. The lowest BCUT2D eigenvalue weighted by atomic mass is 10.2. The fraction of sp³-hybridized carbons (Fsp3) is 0.857. The van der Waals surface area contributed by atoms with Crippen LogP contribution in [0.4, 0.5) is 13.2 Å². The Kier molecular flexibility index (Phi) is 5.47. The zero-order chi connectivity index (χ0) is 9.56. The van der Waals surface area contributed by atoms with Gasteiger partial charge in [-0.2, -0.15) is 18.4 Å². The molecule has 0 spiro atoms.